The number of nitrogens with zero attached hydrogens (tertiary/aromatic N) is 4. The minimum absolute atomic E-state index is 0.0212. The van der Waals surface area contributed by atoms with Gasteiger partial charge in [0.05, 0.1) is 24.8 Å². The largest absolute Gasteiger partial charge is 0.345 e. The quantitative estimate of drug-likeness (QED) is 0.691. The van der Waals surface area contributed by atoms with E-state index in [0.29, 0.717) is 5.82 Å². The summed E-state index contributed by atoms with van der Waals surface area (Å²) in [6.07, 6.45) is 4.42. The predicted octanol–water partition coefficient (Wildman–Crippen LogP) is 0.760. The number of rotatable bonds is 6. The predicted molar refractivity (Wildman–Crippen MR) is 76.0 cm³/mol. The van der Waals surface area contributed by atoms with Gasteiger partial charge in [-0.3, -0.25) is 0 Å². The Morgan fingerprint density at radius 3 is 3.05 bits per heavy atom. The number of hydrogen-bond donors (Lipinski definition) is 2. The molecule has 0 aliphatic heterocycles. The van der Waals surface area contributed by atoms with Gasteiger partial charge in [0.2, 0.25) is 11.7 Å². The van der Waals surface area contributed by atoms with E-state index < -0.39 is 10.0 Å². The van der Waals surface area contributed by atoms with Crippen molar-refractivity contribution in [2.75, 3.05) is 0 Å². The van der Waals surface area contributed by atoms with Crippen LogP contribution in [0.3, 0.4) is 0 Å². The van der Waals surface area contributed by atoms with Crippen LogP contribution in [0, 0.1) is 0 Å². The third-order valence-electron chi connectivity index (χ3n) is 3.04. The molecule has 0 atom stereocenters. The molecule has 0 aliphatic rings. The summed E-state index contributed by atoms with van der Waals surface area (Å²) in [5, 5.41) is 3.85. The molecule has 0 saturated carbocycles. The van der Waals surface area contributed by atoms with Crippen LogP contribution in [0.4, 0.5) is 0 Å². The van der Waals surface area contributed by atoms with E-state index >= 15 is 0 Å². The highest BCUT2D eigenvalue weighted by Gasteiger charge is 2.18. The smallest absolute Gasteiger partial charge is 0.258 e. The lowest BCUT2D eigenvalue weighted by molar-refractivity contribution is 0.375. The summed E-state index contributed by atoms with van der Waals surface area (Å²) in [5.41, 5.74) is 0.814. The average molecular weight is 322 g/mol. The van der Waals surface area contributed by atoms with Crippen molar-refractivity contribution in [1.82, 2.24) is 29.4 Å². The molecule has 116 valence electrons. The molecule has 22 heavy (non-hydrogen) atoms. The molecule has 3 aromatic rings. The van der Waals surface area contributed by atoms with Gasteiger partial charge in [-0.2, -0.15) is 4.98 Å². The van der Waals surface area contributed by atoms with Gasteiger partial charge in [-0.15, -0.1) is 0 Å². The van der Waals surface area contributed by atoms with Crippen LogP contribution in [0.2, 0.25) is 0 Å². The van der Waals surface area contributed by atoms with Crippen LogP contribution in [0.1, 0.15) is 12.8 Å². The standard InChI is InChI=1S/C12H14N6O3S/c1-2-18-5-3-4-9(18)12-16-10(21-17-12)6-15-22(19,20)11-7-13-8-14-11/h3-5,7-8,15H,2,6H2,1H3,(H,13,14). The highest BCUT2D eigenvalue weighted by molar-refractivity contribution is 7.89. The fourth-order valence-electron chi connectivity index (χ4n) is 1.95. The summed E-state index contributed by atoms with van der Waals surface area (Å²) in [6.45, 7) is 2.68. The van der Waals surface area contributed by atoms with Crippen molar-refractivity contribution in [2.45, 2.75) is 25.0 Å². The Morgan fingerprint density at radius 1 is 1.45 bits per heavy atom. The number of aromatic nitrogens is 5. The summed E-state index contributed by atoms with van der Waals surface area (Å²) < 4.78 is 33.3. The number of imidazole rings is 1. The molecule has 0 radical (unpaired) electrons. The normalized spacial score (nSPS) is 11.9. The number of hydrogen-bond acceptors (Lipinski definition) is 6. The van der Waals surface area contributed by atoms with E-state index in [9.17, 15) is 8.42 Å². The van der Waals surface area contributed by atoms with Crippen molar-refractivity contribution in [3.63, 3.8) is 0 Å². The van der Waals surface area contributed by atoms with Crippen LogP contribution < -0.4 is 4.72 Å². The second kappa shape index (κ2) is 5.73. The van der Waals surface area contributed by atoms with Crippen molar-refractivity contribution < 1.29 is 12.9 Å². The van der Waals surface area contributed by atoms with Crippen molar-refractivity contribution in [1.29, 1.82) is 0 Å². The Kier molecular flexibility index (Phi) is 3.77. The molecule has 0 spiro atoms. The summed E-state index contributed by atoms with van der Waals surface area (Å²) in [7, 11) is -3.67. The number of aromatic amines is 1. The van der Waals surface area contributed by atoms with Gasteiger partial charge in [0, 0.05) is 12.7 Å². The van der Waals surface area contributed by atoms with Gasteiger partial charge in [-0.1, -0.05) is 5.16 Å². The van der Waals surface area contributed by atoms with Crippen molar-refractivity contribution in [3.8, 4) is 11.5 Å². The van der Waals surface area contributed by atoms with E-state index in [1.807, 2.05) is 29.8 Å². The summed E-state index contributed by atoms with van der Waals surface area (Å²) in [4.78, 5) is 10.4. The lowest BCUT2D eigenvalue weighted by Gasteiger charge is -2.01. The van der Waals surface area contributed by atoms with E-state index in [-0.39, 0.29) is 17.5 Å². The summed E-state index contributed by atoms with van der Waals surface area (Å²) in [6, 6.07) is 3.75. The first-order valence-corrected chi connectivity index (χ1v) is 8.04. The third-order valence-corrected chi connectivity index (χ3v) is 4.37. The fraction of sp³-hybridized carbons (Fsp3) is 0.250. The topological polar surface area (TPSA) is 119 Å². The van der Waals surface area contributed by atoms with E-state index in [0.717, 1.165) is 12.2 Å². The Balaban J connectivity index is 1.73. The van der Waals surface area contributed by atoms with Crippen molar-refractivity contribution >= 4 is 10.0 Å². The second-order valence-corrected chi connectivity index (χ2v) is 6.17. The van der Waals surface area contributed by atoms with E-state index in [2.05, 4.69) is 24.8 Å². The van der Waals surface area contributed by atoms with Gasteiger partial charge in [-0.05, 0) is 19.1 Å². The number of H-pyrrole nitrogens is 1. The molecule has 0 unspecified atom stereocenters. The molecule has 0 bridgehead atoms. The van der Waals surface area contributed by atoms with Crippen LogP contribution in [0.5, 0.6) is 0 Å². The molecular formula is C12H14N6O3S. The molecule has 9 nitrogen and oxygen atoms in total. The average Bonchev–Trinajstić information content (AvgIpc) is 3.23. The molecule has 0 fully saturated rings. The molecule has 3 aromatic heterocycles. The SMILES string of the molecule is CCn1cccc1-c1noc(CNS(=O)(=O)c2cnc[nH]2)n1. The fourth-order valence-corrected chi connectivity index (χ4v) is 2.82. The molecule has 0 aromatic carbocycles. The Bertz CT molecular complexity index is 849. The number of nitrogens with one attached hydrogen (secondary N) is 2. The zero-order valence-corrected chi connectivity index (χ0v) is 12.5. The van der Waals surface area contributed by atoms with Crippen molar-refractivity contribution in [3.05, 3.63) is 36.7 Å². The van der Waals surface area contributed by atoms with Crippen LogP contribution in [-0.4, -0.2) is 33.1 Å². The monoisotopic (exact) mass is 322 g/mol. The van der Waals surface area contributed by atoms with Crippen LogP contribution in [0.25, 0.3) is 11.5 Å². The molecule has 3 heterocycles. The molecule has 10 heteroatoms. The van der Waals surface area contributed by atoms with Crippen LogP contribution in [-0.2, 0) is 23.1 Å². The minimum Gasteiger partial charge on any atom is -0.345 e. The van der Waals surface area contributed by atoms with Gasteiger partial charge in [0.15, 0.2) is 5.03 Å². The van der Waals surface area contributed by atoms with Gasteiger partial charge in [0.1, 0.15) is 0 Å². The van der Waals surface area contributed by atoms with Gasteiger partial charge in [0.25, 0.3) is 10.0 Å². The zero-order chi connectivity index (χ0) is 15.6. The Labute approximate surface area is 126 Å². The first-order valence-electron chi connectivity index (χ1n) is 6.56. The van der Waals surface area contributed by atoms with E-state index in [4.69, 9.17) is 4.52 Å². The van der Waals surface area contributed by atoms with Gasteiger partial charge < -0.3 is 14.1 Å². The maximum atomic E-state index is 11.9. The van der Waals surface area contributed by atoms with E-state index in [1.165, 1.54) is 12.5 Å². The highest BCUT2D eigenvalue weighted by atomic mass is 32.2. The lowest BCUT2D eigenvalue weighted by Crippen LogP contribution is -2.23. The van der Waals surface area contributed by atoms with Gasteiger partial charge >= 0.3 is 0 Å². The molecule has 0 aliphatic carbocycles. The lowest BCUT2D eigenvalue weighted by atomic mass is 10.4. The van der Waals surface area contributed by atoms with Crippen LogP contribution >= 0.6 is 0 Å². The Hall–Kier alpha value is -2.46. The summed E-state index contributed by atoms with van der Waals surface area (Å²) in [5.74, 6) is 0.601. The van der Waals surface area contributed by atoms with Crippen LogP contribution in [0.15, 0.2) is 40.4 Å². The molecule has 0 amide bonds. The highest BCUT2D eigenvalue weighted by Crippen LogP contribution is 2.16. The first-order chi connectivity index (χ1) is 10.6. The number of aryl methyl sites for hydroxylation is 1. The molecular weight excluding hydrogens is 308 g/mol. The van der Waals surface area contributed by atoms with E-state index in [1.54, 1.807) is 0 Å². The third kappa shape index (κ3) is 2.78. The Morgan fingerprint density at radius 2 is 2.32 bits per heavy atom. The molecule has 3 rings (SSSR count). The number of sulfonamides is 1. The minimum atomic E-state index is -3.67. The molecule has 0 saturated heterocycles. The maximum absolute atomic E-state index is 11.9. The zero-order valence-electron chi connectivity index (χ0n) is 11.7. The first kappa shape index (κ1) is 14.5. The summed E-state index contributed by atoms with van der Waals surface area (Å²) >= 11 is 0. The maximum Gasteiger partial charge on any atom is 0.258 e. The van der Waals surface area contributed by atoms with Gasteiger partial charge in [-0.25, -0.2) is 18.1 Å². The molecule has 2 N–H and O–H groups in total. The van der Waals surface area contributed by atoms with Crippen molar-refractivity contribution in [2.24, 2.45) is 0 Å². The second-order valence-electron chi connectivity index (χ2n) is 4.43.